The van der Waals surface area contributed by atoms with Gasteiger partial charge in [-0.05, 0) is 29.5 Å². The summed E-state index contributed by atoms with van der Waals surface area (Å²) in [5, 5.41) is 0. The molecule has 1 aromatic rings. The van der Waals surface area contributed by atoms with E-state index in [-0.39, 0.29) is 16.7 Å². The lowest BCUT2D eigenvalue weighted by Gasteiger charge is -2.07. The van der Waals surface area contributed by atoms with Crippen molar-refractivity contribution in [3.05, 3.63) is 35.9 Å². The zero-order chi connectivity index (χ0) is 12.2. The van der Waals surface area contributed by atoms with E-state index in [0.29, 0.717) is 5.56 Å². The van der Waals surface area contributed by atoms with Crippen LogP contribution in [0.2, 0.25) is 0 Å². The monoisotopic (exact) mass is 247 g/mol. The molecule has 0 aliphatic rings. The van der Waals surface area contributed by atoms with E-state index in [1.54, 1.807) is 6.07 Å². The van der Waals surface area contributed by atoms with Crippen LogP contribution in [0.15, 0.2) is 35.2 Å². The van der Waals surface area contributed by atoms with Crippen molar-refractivity contribution in [1.29, 1.82) is 0 Å². The maximum Gasteiger partial charge on any atom is 0.446 e. The van der Waals surface area contributed by atoms with Crippen LogP contribution in [-0.4, -0.2) is 11.4 Å². The summed E-state index contributed by atoms with van der Waals surface area (Å²) in [6.07, 6.45) is 2.28. The van der Waals surface area contributed by atoms with Gasteiger partial charge in [0.1, 0.15) is 0 Å². The van der Waals surface area contributed by atoms with Crippen molar-refractivity contribution in [1.82, 2.24) is 0 Å². The van der Waals surface area contributed by atoms with Gasteiger partial charge >= 0.3 is 5.51 Å². The van der Waals surface area contributed by atoms with Crippen LogP contribution in [0.5, 0.6) is 0 Å². The second kappa shape index (κ2) is 5.07. The Hall–Kier alpha value is -1.43. The first-order valence-corrected chi connectivity index (χ1v) is 5.02. The summed E-state index contributed by atoms with van der Waals surface area (Å²) in [5.41, 5.74) is 0.821. The van der Waals surface area contributed by atoms with Gasteiger partial charge in [0.15, 0.2) is 0 Å². The van der Waals surface area contributed by atoms with Crippen molar-refractivity contribution < 1.29 is 18.0 Å². The quantitative estimate of drug-likeness (QED) is 0.659. The van der Waals surface area contributed by atoms with Gasteiger partial charge in [-0.1, -0.05) is 18.2 Å². The highest BCUT2D eigenvalue weighted by atomic mass is 32.2. The highest BCUT2D eigenvalue weighted by Gasteiger charge is 2.29. The second-order valence-corrected chi connectivity index (χ2v) is 3.93. The smallest absolute Gasteiger partial charge is 0.366 e. The normalized spacial score (nSPS) is 11.9. The molecule has 1 aromatic carbocycles. The lowest BCUT2D eigenvalue weighted by atomic mass is 10.2. The van der Waals surface area contributed by atoms with Gasteiger partial charge in [-0.3, -0.25) is 4.79 Å². The van der Waals surface area contributed by atoms with E-state index in [1.807, 2.05) is 0 Å². The Labute approximate surface area is 94.3 Å². The van der Waals surface area contributed by atoms with Gasteiger partial charge in [-0.2, -0.15) is 13.2 Å². The second-order valence-electron chi connectivity index (χ2n) is 2.82. The molecule has 0 aliphatic carbocycles. The molecule has 0 atom stereocenters. The Bertz CT molecular complexity index is 415. The molecule has 0 saturated heterocycles. The SMILES string of the molecule is NC(=O)/C=C/c1ccccc1SC(F)(F)F. The van der Waals surface area contributed by atoms with E-state index < -0.39 is 11.4 Å². The lowest BCUT2D eigenvalue weighted by Crippen LogP contribution is -2.05. The van der Waals surface area contributed by atoms with Gasteiger partial charge in [0.05, 0.1) is 0 Å². The van der Waals surface area contributed by atoms with Crippen LogP contribution in [-0.2, 0) is 4.79 Å². The van der Waals surface area contributed by atoms with Gasteiger partial charge < -0.3 is 5.73 Å². The Morgan fingerprint density at radius 3 is 2.50 bits per heavy atom. The van der Waals surface area contributed by atoms with Crippen molar-refractivity contribution in [3.8, 4) is 0 Å². The average molecular weight is 247 g/mol. The summed E-state index contributed by atoms with van der Waals surface area (Å²) in [6.45, 7) is 0. The fourth-order valence-corrected chi connectivity index (χ4v) is 1.66. The van der Waals surface area contributed by atoms with E-state index in [0.717, 1.165) is 6.08 Å². The number of hydrogen-bond acceptors (Lipinski definition) is 2. The highest BCUT2D eigenvalue weighted by molar-refractivity contribution is 8.00. The number of benzene rings is 1. The number of carbonyl (C=O) groups excluding carboxylic acids is 1. The number of alkyl halides is 3. The van der Waals surface area contributed by atoms with Crippen LogP contribution in [0.1, 0.15) is 5.56 Å². The first kappa shape index (κ1) is 12.6. The topological polar surface area (TPSA) is 43.1 Å². The fraction of sp³-hybridized carbons (Fsp3) is 0.100. The maximum atomic E-state index is 12.2. The molecule has 0 unspecified atom stereocenters. The Morgan fingerprint density at radius 1 is 1.31 bits per heavy atom. The molecule has 0 spiro atoms. The maximum absolute atomic E-state index is 12.2. The van der Waals surface area contributed by atoms with Gasteiger partial charge in [0, 0.05) is 11.0 Å². The van der Waals surface area contributed by atoms with Crippen LogP contribution in [0.3, 0.4) is 0 Å². The molecule has 16 heavy (non-hydrogen) atoms. The van der Waals surface area contributed by atoms with Crippen molar-refractivity contribution in [3.63, 3.8) is 0 Å². The third kappa shape index (κ3) is 4.39. The molecule has 6 heteroatoms. The molecular formula is C10H8F3NOS. The number of primary amides is 1. The molecule has 2 N–H and O–H groups in total. The summed E-state index contributed by atoms with van der Waals surface area (Å²) in [5.74, 6) is -0.702. The summed E-state index contributed by atoms with van der Waals surface area (Å²) in [7, 11) is 0. The van der Waals surface area contributed by atoms with Crippen molar-refractivity contribution in [2.45, 2.75) is 10.4 Å². The van der Waals surface area contributed by atoms with Crippen LogP contribution in [0.25, 0.3) is 6.08 Å². The zero-order valence-corrected chi connectivity index (χ0v) is 8.81. The van der Waals surface area contributed by atoms with Gasteiger partial charge in [-0.15, -0.1) is 0 Å². The largest absolute Gasteiger partial charge is 0.446 e. The lowest BCUT2D eigenvalue weighted by molar-refractivity contribution is -0.113. The molecule has 1 rings (SSSR count). The third-order valence-electron chi connectivity index (χ3n) is 1.57. The Morgan fingerprint density at radius 2 is 1.94 bits per heavy atom. The van der Waals surface area contributed by atoms with Gasteiger partial charge in [0.25, 0.3) is 0 Å². The molecule has 2 nitrogen and oxygen atoms in total. The fourth-order valence-electron chi connectivity index (χ4n) is 1.01. The first-order valence-electron chi connectivity index (χ1n) is 4.21. The van der Waals surface area contributed by atoms with E-state index >= 15 is 0 Å². The van der Waals surface area contributed by atoms with Crippen molar-refractivity contribution in [2.75, 3.05) is 0 Å². The number of rotatable bonds is 3. The van der Waals surface area contributed by atoms with Crippen LogP contribution in [0, 0.1) is 0 Å². The molecule has 0 aromatic heterocycles. The number of hydrogen-bond donors (Lipinski definition) is 1. The minimum Gasteiger partial charge on any atom is -0.366 e. The number of carbonyl (C=O) groups is 1. The summed E-state index contributed by atoms with van der Waals surface area (Å²) < 4.78 is 36.5. The van der Waals surface area contributed by atoms with E-state index in [4.69, 9.17) is 5.73 Å². The Kier molecular flexibility index (Phi) is 4.00. The highest BCUT2D eigenvalue weighted by Crippen LogP contribution is 2.38. The third-order valence-corrected chi connectivity index (χ3v) is 2.40. The van der Waals surface area contributed by atoms with Crippen molar-refractivity contribution >= 4 is 23.7 Å². The van der Waals surface area contributed by atoms with Gasteiger partial charge in [0.2, 0.25) is 5.91 Å². The molecular weight excluding hydrogens is 239 g/mol. The predicted octanol–water partition coefficient (Wildman–Crippen LogP) is 2.80. The van der Waals surface area contributed by atoms with Crippen LogP contribution in [0.4, 0.5) is 13.2 Å². The number of nitrogens with two attached hydrogens (primary N) is 1. The summed E-state index contributed by atoms with van der Waals surface area (Å²) >= 11 is -0.224. The Balaban J connectivity index is 2.96. The minimum atomic E-state index is -4.35. The standard InChI is InChI=1S/C10H8F3NOS/c11-10(12,13)16-8-4-2-1-3-7(8)5-6-9(14)15/h1-6H,(H2,14,15)/b6-5+. The zero-order valence-electron chi connectivity index (χ0n) is 7.99. The molecule has 0 saturated carbocycles. The molecule has 0 aliphatic heterocycles. The molecule has 0 fully saturated rings. The van der Waals surface area contributed by atoms with E-state index in [2.05, 4.69) is 0 Å². The van der Waals surface area contributed by atoms with E-state index in [9.17, 15) is 18.0 Å². The van der Waals surface area contributed by atoms with Crippen LogP contribution < -0.4 is 5.73 Å². The van der Waals surface area contributed by atoms with Gasteiger partial charge in [-0.25, -0.2) is 0 Å². The molecule has 86 valence electrons. The number of amides is 1. The first-order chi connectivity index (χ1) is 7.38. The average Bonchev–Trinajstić information content (AvgIpc) is 2.14. The van der Waals surface area contributed by atoms with Crippen LogP contribution >= 0.6 is 11.8 Å². The van der Waals surface area contributed by atoms with E-state index in [1.165, 1.54) is 24.3 Å². The summed E-state index contributed by atoms with van der Waals surface area (Å²) in [4.78, 5) is 10.5. The number of halogens is 3. The predicted molar refractivity (Wildman–Crippen MR) is 56.6 cm³/mol. The summed E-state index contributed by atoms with van der Waals surface area (Å²) in [6, 6.07) is 5.89. The molecule has 1 amide bonds. The molecule has 0 bridgehead atoms. The van der Waals surface area contributed by atoms with Crippen molar-refractivity contribution in [2.24, 2.45) is 5.73 Å². The minimum absolute atomic E-state index is 0.0347. The molecule has 0 radical (unpaired) electrons. The number of thioether (sulfide) groups is 1. The molecule has 0 heterocycles.